The highest BCUT2D eigenvalue weighted by Gasteiger charge is 1.97. The minimum absolute atomic E-state index is 0.395. The van der Waals surface area contributed by atoms with Crippen molar-refractivity contribution in [3.8, 4) is 0 Å². The molecule has 0 unspecified atom stereocenters. The van der Waals surface area contributed by atoms with E-state index >= 15 is 0 Å². The van der Waals surface area contributed by atoms with Gasteiger partial charge >= 0.3 is 0 Å². The van der Waals surface area contributed by atoms with Gasteiger partial charge in [-0.1, -0.05) is 5.21 Å². The molecule has 17 heavy (non-hydrogen) atoms. The Labute approximate surface area is 98.2 Å². The molecule has 0 aliphatic carbocycles. The standard InChI is InChI=1S/C9H14N8/c10-15-9-12-4-2-8(14-9)11-3-1-6-17-7-5-13-16-17/h2,4-5,7H,1,3,6,10H2,(H2,11,12,14,15). The maximum atomic E-state index is 5.22. The van der Waals surface area contributed by atoms with Crippen molar-refractivity contribution in [1.29, 1.82) is 0 Å². The first kappa shape index (κ1) is 11.3. The highest BCUT2D eigenvalue weighted by molar-refractivity contribution is 5.38. The number of rotatable bonds is 6. The molecule has 4 N–H and O–H groups in total. The summed E-state index contributed by atoms with van der Waals surface area (Å²) in [4.78, 5) is 8.05. The van der Waals surface area contributed by atoms with E-state index in [2.05, 4.69) is 31.0 Å². The molecule has 0 bridgehead atoms. The molecule has 2 aromatic heterocycles. The van der Waals surface area contributed by atoms with Crippen LogP contribution in [0.2, 0.25) is 0 Å². The summed E-state index contributed by atoms with van der Waals surface area (Å²) in [6.45, 7) is 1.61. The normalized spacial score (nSPS) is 10.2. The van der Waals surface area contributed by atoms with Crippen LogP contribution in [0.5, 0.6) is 0 Å². The van der Waals surface area contributed by atoms with Gasteiger partial charge in [-0.2, -0.15) is 4.98 Å². The quantitative estimate of drug-likeness (QED) is 0.362. The zero-order valence-electron chi connectivity index (χ0n) is 9.24. The third kappa shape index (κ3) is 3.38. The number of nitrogens with two attached hydrogens (primary N) is 1. The van der Waals surface area contributed by atoms with E-state index in [1.807, 2.05) is 6.20 Å². The number of nitrogen functional groups attached to an aromatic ring is 1. The van der Waals surface area contributed by atoms with Crippen LogP contribution in [0.3, 0.4) is 0 Å². The third-order valence-electron chi connectivity index (χ3n) is 2.13. The minimum Gasteiger partial charge on any atom is -0.370 e. The van der Waals surface area contributed by atoms with Gasteiger partial charge in [-0.25, -0.2) is 10.8 Å². The number of nitrogens with zero attached hydrogens (tertiary/aromatic N) is 5. The summed E-state index contributed by atoms with van der Waals surface area (Å²) >= 11 is 0. The smallest absolute Gasteiger partial charge is 0.239 e. The van der Waals surface area contributed by atoms with Crippen LogP contribution in [-0.2, 0) is 6.54 Å². The summed E-state index contributed by atoms with van der Waals surface area (Å²) in [5.41, 5.74) is 2.40. The van der Waals surface area contributed by atoms with Crippen molar-refractivity contribution in [3.05, 3.63) is 24.7 Å². The Morgan fingerprint density at radius 3 is 3.06 bits per heavy atom. The maximum Gasteiger partial charge on any atom is 0.239 e. The zero-order chi connectivity index (χ0) is 11.9. The lowest BCUT2D eigenvalue weighted by Crippen LogP contribution is -2.12. The van der Waals surface area contributed by atoms with E-state index in [1.54, 1.807) is 23.1 Å². The van der Waals surface area contributed by atoms with E-state index in [9.17, 15) is 0 Å². The van der Waals surface area contributed by atoms with Crippen molar-refractivity contribution in [2.24, 2.45) is 5.84 Å². The van der Waals surface area contributed by atoms with Crippen molar-refractivity contribution in [1.82, 2.24) is 25.0 Å². The van der Waals surface area contributed by atoms with Crippen LogP contribution < -0.4 is 16.6 Å². The van der Waals surface area contributed by atoms with E-state index in [0.29, 0.717) is 5.95 Å². The SMILES string of the molecule is NNc1nccc(NCCCn2ccnn2)n1. The summed E-state index contributed by atoms with van der Waals surface area (Å²) in [5.74, 6) is 6.35. The number of anilines is 2. The molecular weight excluding hydrogens is 220 g/mol. The van der Waals surface area contributed by atoms with Crippen LogP contribution >= 0.6 is 0 Å². The molecule has 0 radical (unpaired) electrons. The fraction of sp³-hybridized carbons (Fsp3) is 0.333. The van der Waals surface area contributed by atoms with E-state index in [4.69, 9.17) is 5.84 Å². The topological polar surface area (TPSA) is 107 Å². The Kier molecular flexibility index (Phi) is 3.81. The van der Waals surface area contributed by atoms with Gasteiger partial charge in [0, 0.05) is 25.5 Å². The van der Waals surface area contributed by atoms with E-state index in [0.717, 1.165) is 25.3 Å². The maximum absolute atomic E-state index is 5.22. The molecule has 2 heterocycles. The Morgan fingerprint density at radius 1 is 1.35 bits per heavy atom. The fourth-order valence-corrected chi connectivity index (χ4v) is 1.34. The highest BCUT2D eigenvalue weighted by atomic mass is 15.4. The summed E-state index contributed by atoms with van der Waals surface area (Å²) in [6.07, 6.45) is 6.07. The molecule has 0 aliphatic rings. The first-order valence-electron chi connectivity index (χ1n) is 5.26. The van der Waals surface area contributed by atoms with Crippen molar-refractivity contribution >= 4 is 11.8 Å². The van der Waals surface area contributed by atoms with E-state index in [-0.39, 0.29) is 0 Å². The Hall–Kier alpha value is -2.22. The first-order chi connectivity index (χ1) is 8.38. The van der Waals surface area contributed by atoms with Crippen molar-refractivity contribution in [2.45, 2.75) is 13.0 Å². The number of hydrazine groups is 1. The molecule has 8 nitrogen and oxygen atoms in total. The molecular formula is C9H14N8. The van der Waals surface area contributed by atoms with Crippen molar-refractivity contribution in [3.63, 3.8) is 0 Å². The van der Waals surface area contributed by atoms with Crippen molar-refractivity contribution in [2.75, 3.05) is 17.3 Å². The molecule has 2 rings (SSSR count). The molecule has 0 spiro atoms. The minimum atomic E-state index is 0.395. The van der Waals surface area contributed by atoms with Gasteiger partial charge < -0.3 is 5.32 Å². The number of aromatic nitrogens is 5. The monoisotopic (exact) mass is 234 g/mol. The molecule has 8 heteroatoms. The van der Waals surface area contributed by atoms with Crippen LogP contribution in [0.4, 0.5) is 11.8 Å². The van der Waals surface area contributed by atoms with Crippen LogP contribution in [-0.4, -0.2) is 31.5 Å². The molecule has 0 saturated heterocycles. The van der Waals surface area contributed by atoms with Gasteiger partial charge in [0.05, 0.1) is 6.20 Å². The number of hydrogen-bond donors (Lipinski definition) is 3. The molecule has 0 aliphatic heterocycles. The zero-order valence-corrected chi connectivity index (χ0v) is 9.24. The second kappa shape index (κ2) is 5.75. The predicted molar refractivity (Wildman–Crippen MR) is 63.0 cm³/mol. The van der Waals surface area contributed by atoms with Crippen LogP contribution in [0.15, 0.2) is 24.7 Å². The fourth-order valence-electron chi connectivity index (χ4n) is 1.34. The molecule has 0 amide bonds. The van der Waals surface area contributed by atoms with Gasteiger partial charge in [0.15, 0.2) is 0 Å². The molecule has 0 saturated carbocycles. The summed E-state index contributed by atoms with van der Waals surface area (Å²) < 4.78 is 1.79. The van der Waals surface area contributed by atoms with Gasteiger partial charge in [0.1, 0.15) is 5.82 Å². The average Bonchev–Trinajstić information content (AvgIpc) is 2.88. The number of hydrogen-bond acceptors (Lipinski definition) is 7. The summed E-state index contributed by atoms with van der Waals surface area (Å²) in [7, 11) is 0. The molecule has 2 aromatic rings. The van der Waals surface area contributed by atoms with E-state index in [1.165, 1.54) is 0 Å². The molecule has 0 aromatic carbocycles. The van der Waals surface area contributed by atoms with Gasteiger partial charge in [0.25, 0.3) is 0 Å². The lowest BCUT2D eigenvalue weighted by atomic mass is 10.4. The second-order valence-corrected chi connectivity index (χ2v) is 3.36. The molecule has 0 fully saturated rings. The largest absolute Gasteiger partial charge is 0.370 e. The summed E-state index contributed by atoms with van der Waals surface area (Å²) in [5, 5.41) is 10.8. The van der Waals surface area contributed by atoms with Crippen LogP contribution in [0.25, 0.3) is 0 Å². The second-order valence-electron chi connectivity index (χ2n) is 3.36. The average molecular weight is 234 g/mol. The molecule has 0 atom stereocenters. The highest BCUT2D eigenvalue weighted by Crippen LogP contribution is 2.04. The van der Waals surface area contributed by atoms with Gasteiger partial charge in [-0.3, -0.25) is 10.1 Å². The first-order valence-corrected chi connectivity index (χ1v) is 5.26. The van der Waals surface area contributed by atoms with Crippen LogP contribution in [0.1, 0.15) is 6.42 Å². The Bertz CT molecular complexity index is 440. The predicted octanol–water partition coefficient (Wildman–Crippen LogP) is -0.144. The Balaban J connectivity index is 1.74. The third-order valence-corrected chi connectivity index (χ3v) is 2.13. The van der Waals surface area contributed by atoms with Gasteiger partial charge in [-0.05, 0) is 12.5 Å². The molecule has 90 valence electrons. The Morgan fingerprint density at radius 2 is 2.29 bits per heavy atom. The number of aryl methyl sites for hydroxylation is 1. The van der Waals surface area contributed by atoms with Crippen LogP contribution in [0, 0.1) is 0 Å². The lowest BCUT2D eigenvalue weighted by Gasteiger charge is -2.06. The van der Waals surface area contributed by atoms with Gasteiger partial charge in [-0.15, -0.1) is 5.10 Å². The lowest BCUT2D eigenvalue weighted by molar-refractivity contribution is 0.569. The van der Waals surface area contributed by atoms with Crippen molar-refractivity contribution < 1.29 is 0 Å². The van der Waals surface area contributed by atoms with E-state index < -0.39 is 0 Å². The number of nitrogens with one attached hydrogen (secondary N) is 2. The van der Waals surface area contributed by atoms with Gasteiger partial charge in [0.2, 0.25) is 5.95 Å². The summed E-state index contributed by atoms with van der Waals surface area (Å²) in [6, 6.07) is 1.79.